The van der Waals surface area contributed by atoms with Crippen LogP contribution < -0.4 is 10.3 Å². The van der Waals surface area contributed by atoms with Crippen LogP contribution in [0.5, 0.6) is 0 Å². The molecule has 2 aromatic rings. The van der Waals surface area contributed by atoms with Crippen LogP contribution in [0.2, 0.25) is 5.02 Å². The molecule has 0 N–H and O–H groups in total. The van der Waals surface area contributed by atoms with Gasteiger partial charge in [-0.15, -0.1) is 0 Å². The van der Waals surface area contributed by atoms with Gasteiger partial charge in [-0.2, -0.15) is 4.98 Å². The Morgan fingerprint density at radius 3 is 2.39 bits per heavy atom. The van der Waals surface area contributed by atoms with Crippen molar-refractivity contribution >= 4 is 30.5 Å². The van der Waals surface area contributed by atoms with Gasteiger partial charge in [-0.1, -0.05) is 37.6 Å². The number of morpholine rings is 1. The SMILES string of the molecule is CCCOP(=O)(OCCC)c1nc(-c2ccccc2Cl)oc1N1CCOCC1. The maximum Gasteiger partial charge on any atom is 0.385 e. The second kappa shape index (κ2) is 9.90. The Bertz CT molecular complexity index is 810. The Morgan fingerprint density at radius 1 is 1.14 bits per heavy atom. The topological polar surface area (TPSA) is 74.0 Å². The molecule has 28 heavy (non-hydrogen) atoms. The molecule has 1 aromatic carbocycles. The molecule has 0 spiro atoms. The summed E-state index contributed by atoms with van der Waals surface area (Å²) in [5.41, 5.74) is 0.827. The molecular formula is C19H26ClN2O5P. The molecule has 1 fully saturated rings. The predicted molar refractivity (Wildman–Crippen MR) is 110 cm³/mol. The molecule has 2 heterocycles. The third-order valence-electron chi connectivity index (χ3n) is 4.18. The molecular weight excluding hydrogens is 403 g/mol. The van der Waals surface area contributed by atoms with Crippen molar-refractivity contribution in [2.75, 3.05) is 44.4 Å². The zero-order valence-electron chi connectivity index (χ0n) is 16.2. The van der Waals surface area contributed by atoms with Gasteiger partial charge >= 0.3 is 7.60 Å². The van der Waals surface area contributed by atoms with Crippen molar-refractivity contribution < 1.29 is 22.8 Å². The number of oxazole rings is 1. The van der Waals surface area contributed by atoms with E-state index >= 15 is 0 Å². The largest absolute Gasteiger partial charge is 0.419 e. The minimum absolute atomic E-state index is 0.200. The Balaban J connectivity index is 2.08. The maximum absolute atomic E-state index is 13.7. The highest BCUT2D eigenvalue weighted by atomic mass is 35.5. The van der Waals surface area contributed by atoms with E-state index in [9.17, 15) is 4.57 Å². The molecule has 0 atom stereocenters. The molecule has 0 bridgehead atoms. The Labute approximate surface area is 170 Å². The molecule has 1 aromatic heterocycles. The van der Waals surface area contributed by atoms with Crippen LogP contribution in [-0.4, -0.2) is 44.5 Å². The smallest absolute Gasteiger partial charge is 0.385 e. The van der Waals surface area contributed by atoms with Gasteiger partial charge in [0.05, 0.1) is 37.0 Å². The number of halogens is 1. The third-order valence-corrected chi connectivity index (χ3v) is 6.37. The Hall–Kier alpha value is -1.37. The van der Waals surface area contributed by atoms with Gasteiger partial charge in [0.1, 0.15) is 0 Å². The van der Waals surface area contributed by atoms with Crippen molar-refractivity contribution in [3.05, 3.63) is 29.3 Å². The van der Waals surface area contributed by atoms with Crippen LogP contribution in [-0.2, 0) is 18.3 Å². The molecule has 1 aliphatic rings. The fourth-order valence-corrected chi connectivity index (χ4v) is 4.80. The van der Waals surface area contributed by atoms with Crippen molar-refractivity contribution in [3.63, 3.8) is 0 Å². The van der Waals surface area contributed by atoms with Crippen LogP contribution in [0.15, 0.2) is 28.7 Å². The average Bonchev–Trinajstić information content (AvgIpc) is 3.18. The molecule has 9 heteroatoms. The van der Waals surface area contributed by atoms with Gasteiger partial charge in [-0.25, -0.2) is 0 Å². The first kappa shape index (κ1) is 21.3. The lowest BCUT2D eigenvalue weighted by atomic mass is 10.2. The van der Waals surface area contributed by atoms with Crippen LogP contribution >= 0.6 is 19.2 Å². The number of hydrogen-bond donors (Lipinski definition) is 0. The Kier molecular flexibility index (Phi) is 7.55. The molecule has 0 unspecified atom stereocenters. The summed E-state index contributed by atoms with van der Waals surface area (Å²) >= 11 is 6.32. The third kappa shape index (κ3) is 4.78. The number of aromatic nitrogens is 1. The van der Waals surface area contributed by atoms with E-state index in [0.717, 1.165) is 0 Å². The van der Waals surface area contributed by atoms with Crippen LogP contribution in [0.3, 0.4) is 0 Å². The first-order chi connectivity index (χ1) is 13.6. The number of hydrogen-bond acceptors (Lipinski definition) is 7. The minimum atomic E-state index is -3.65. The standard InChI is InChI=1S/C19H26ClN2O5P/c1-3-11-25-28(23,26-12-4-2)18-19(22-9-13-24-14-10-22)27-17(21-18)15-7-5-6-8-16(15)20/h5-8H,3-4,9-14H2,1-2H3. The van der Waals surface area contributed by atoms with E-state index in [1.165, 1.54) is 0 Å². The van der Waals surface area contributed by atoms with Gasteiger partial charge in [0.25, 0.3) is 0 Å². The fraction of sp³-hybridized carbons (Fsp3) is 0.526. The number of anilines is 1. The highest BCUT2D eigenvalue weighted by Crippen LogP contribution is 2.50. The average molecular weight is 429 g/mol. The minimum Gasteiger partial charge on any atom is -0.419 e. The molecule has 0 amide bonds. The first-order valence-electron chi connectivity index (χ1n) is 9.57. The highest BCUT2D eigenvalue weighted by molar-refractivity contribution is 7.62. The Morgan fingerprint density at radius 2 is 1.79 bits per heavy atom. The van der Waals surface area contributed by atoms with Crippen molar-refractivity contribution in [1.29, 1.82) is 0 Å². The summed E-state index contributed by atoms with van der Waals surface area (Å²) in [6, 6.07) is 7.25. The molecule has 1 aliphatic heterocycles. The number of rotatable bonds is 9. The van der Waals surface area contributed by atoms with Gasteiger partial charge in [0, 0.05) is 13.1 Å². The van der Waals surface area contributed by atoms with E-state index in [4.69, 9.17) is 29.8 Å². The van der Waals surface area contributed by atoms with E-state index in [-0.39, 0.29) is 5.44 Å². The normalized spacial score (nSPS) is 15.2. The number of nitrogens with zero attached hydrogens (tertiary/aromatic N) is 2. The van der Waals surface area contributed by atoms with Gasteiger partial charge < -0.3 is 23.1 Å². The fourth-order valence-electron chi connectivity index (χ4n) is 2.79. The second-order valence-electron chi connectivity index (χ2n) is 6.39. The van der Waals surface area contributed by atoms with Crippen molar-refractivity contribution in [3.8, 4) is 11.5 Å². The van der Waals surface area contributed by atoms with E-state index in [2.05, 4.69) is 4.98 Å². The lowest BCUT2D eigenvalue weighted by Gasteiger charge is -2.27. The monoisotopic (exact) mass is 428 g/mol. The summed E-state index contributed by atoms with van der Waals surface area (Å²) in [6.07, 6.45) is 1.42. The van der Waals surface area contributed by atoms with E-state index in [1.54, 1.807) is 6.07 Å². The number of benzene rings is 1. The number of ether oxygens (including phenoxy) is 1. The van der Waals surface area contributed by atoms with E-state index < -0.39 is 7.60 Å². The van der Waals surface area contributed by atoms with Gasteiger partial charge in [0.15, 0.2) is 0 Å². The summed E-state index contributed by atoms with van der Waals surface area (Å²) < 4.78 is 36.6. The molecule has 0 radical (unpaired) electrons. The maximum atomic E-state index is 13.7. The second-order valence-corrected chi connectivity index (χ2v) is 8.73. The molecule has 7 nitrogen and oxygen atoms in total. The zero-order chi connectivity index (χ0) is 20.0. The highest BCUT2D eigenvalue weighted by Gasteiger charge is 2.38. The van der Waals surface area contributed by atoms with Crippen LogP contribution in [0.25, 0.3) is 11.5 Å². The molecule has 1 saturated heterocycles. The first-order valence-corrected chi connectivity index (χ1v) is 11.5. The summed E-state index contributed by atoms with van der Waals surface area (Å²) in [5, 5.41) is 0.502. The quantitative estimate of drug-likeness (QED) is 0.544. The molecule has 3 rings (SSSR count). The lowest BCUT2D eigenvalue weighted by molar-refractivity contribution is 0.121. The van der Waals surface area contributed by atoms with E-state index in [0.29, 0.717) is 74.7 Å². The van der Waals surface area contributed by atoms with Crippen LogP contribution in [0, 0.1) is 0 Å². The van der Waals surface area contributed by atoms with Crippen molar-refractivity contribution in [1.82, 2.24) is 4.98 Å². The summed E-state index contributed by atoms with van der Waals surface area (Å²) in [6.45, 7) is 6.82. The van der Waals surface area contributed by atoms with Crippen molar-refractivity contribution in [2.45, 2.75) is 26.7 Å². The van der Waals surface area contributed by atoms with Crippen molar-refractivity contribution in [2.24, 2.45) is 0 Å². The summed E-state index contributed by atoms with van der Waals surface area (Å²) in [5.74, 6) is 0.691. The molecule has 154 valence electrons. The zero-order valence-corrected chi connectivity index (χ0v) is 17.9. The van der Waals surface area contributed by atoms with Gasteiger partial charge in [0.2, 0.25) is 17.2 Å². The van der Waals surface area contributed by atoms with Gasteiger partial charge in [-0.3, -0.25) is 4.57 Å². The summed E-state index contributed by atoms with van der Waals surface area (Å²) in [7, 11) is -3.65. The molecule has 0 saturated carbocycles. The predicted octanol–water partition coefficient (Wildman–Crippen LogP) is 4.50. The van der Waals surface area contributed by atoms with Gasteiger partial charge in [-0.05, 0) is 25.0 Å². The summed E-state index contributed by atoms with van der Waals surface area (Å²) in [4.78, 5) is 6.51. The van der Waals surface area contributed by atoms with Crippen LogP contribution in [0.1, 0.15) is 26.7 Å². The van der Waals surface area contributed by atoms with Crippen LogP contribution in [0.4, 0.5) is 5.88 Å². The lowest BCUT2D eigenvalue weighted by Crippen LogP contribution is -2.38. The van der Waals surface area contributed by atoms with E-state index in [1.807, 2.05) is 36.9 Å². The molecule has 0 aliphatic carbocycles.